The Labute approximate surface area is 225 Å². The maximum atomic E-state index is 13.4. The number of carbonyl (C=O) groups excluding carboxylic acids is 3. The summed E-state index contributed by atoms with van der Waals surface area (Å²) in [6.07, 6.45) is -18.2. The Morgan fingerprint density at radius 1 is 0.950 bits per heavy atom. The molecule has 0 bridgehead atoms. The van der Waals surface area contributed by atoms with E-state index in [1.165, 1.54) is 7.11 Å². The number of nitrogens with one attached hydrogen (secondary N) is 2. The zero-order valence-corrected chi connectivity index (χ0v) is 21.2. The summed E-state index contributed by atoms with van der Waals surface area (Å²) in [5.74, 6) is -3.05. The topological polar surface area (TPSA) is 123 Å². The average Bonchev–Trinajstić information content (AvgIpc) is 3.00. The van der Waals surface area contributed by atoms with Crippen molar-refractivity contribution in [1.29, 1.82) is 0 Å². The lowest BCUT2D eigenvalue weighted by Crippen LogP contribution is -2.51. The molecule has 4 N–H and O–H groups in total. The molecule has 0 aliphatic carbocycles. The van der Waals surface area contributed by atoms with Crippen molar-refractivity contribution >= 4 is 29.1 Å². The second kappa shape index (κ2) is 12.0. The van der Waals surface area contributed by atoms with Crippen molar-refractivity contribution in [2.75, 3.05) is 12.4 Å². The molecule has 2 aromatic carbocycles. The number of nitrogens with two attached hydrogens (primary N) is 1. The number of aliphatic imine (C=N–C) groups is 1. The third kappa shape index (κ3) is 7.96. The van der Waals surface area contributed by atoms with Gasteiger partial charge in [-0.3, -0.25) is 14.4 Å². The molecule has 0 saturated carbocycles. The van der Waals surface area contributed by atoms with E-state index in [-0.39, 0.29) is 5.71 Å². The Kier molecular flexibility index (Phi) is 9.10. The summed E-state index contributed by atoms with van der Waals surface area (Å²) in [7, 11) is 1.46. The number of primary amides is 1. The molecule has 0 unspecified atom stereocenters. The number of carbonyl (C=O) groups is 3. The van der Waals surface area contributed by atoms with Gasteiger partial charge in [0, 0.05) is 30.4 Å². The molecule has 1 atom stereocenters. The summed E-state index contributed by atoms with van der Waals surface area (Å²) in [6.45, 7) is 0. The fourth-order valence-corrected chi connectivity index (χ4v) is 4.32. The number of methoxy groups -OCH3 is 1. The molecule has 216 valence electrons. The number of fused-ring (bicyclic) bond motifs is 1. The van der Waals surface area contributed by atoms with E-state index in [4.69, 9.17) is 10.5 Å². The van der Waals surface area contributed by atoms with Crippen LogP contribution < -0.4 is 21.1 Å². The van der Waals surface area contributed by atoms with Crippen molar-refractivity contribution in [1.82, 2.24) is 5.32 Å². The summed E-state index contributed by atoms with van der Waals surface area (Å²) in [5.41, 5.74) is 4.07. The van der Waals surface area contributed by atoms with Crippen LogP contribution in [-0.4, -0.2) is 49.1 Å². The predicted octanol–water partition coefficient (Wildman–Crippen LogP) is 4.47. The van der Waals surface area contributed by atoms with Crippen LogP contribution in [0.15, 0.2) is 53.5 Å². The Morgan fingerprint density at radius 3 is 2.05 bits per heavy atom. The molecule has 3 rings (SSSR count). The quantitative estimate of drug-likeness (QED) is 0.364. The first-order valence-corrected chi connectivity index (χ1v) is 12.0. The van der Waals surface area contributed by atoms with Gasteiger partial charge in [0.25, 0.3) is 5.91 Å². The van der Waals surface area contributed by atoms with Crippen LogP contribution in [0, 0.1) is 5.41 Å². The van der Waals surface area contributed by atoms with Crippen LogP contribution in [0.2, 0.25) is 0 Å². The Balaban J connectivity index is 2.05. The van der Waals surface area contributed by atoms with Crippen LogP contribution in [0.4, 0.5) is 32.0 Å². The molecule has 0 fully saturated rings. The van der Waals surface area contributed by atoms with E-state index in [1.807, 2.05) is 0 Å². The molecule has 0 radical (unpaired) electrons. The number of alkyl halides is 6. The Hall–Kier alpha value is -4.10. The van der Waals surface area contributed by atoms with Crippen LogP contribution >= 0.6 is 0 Å². The molecule has 40 heavy (non-hydrogen) atoms. The molecule has 1 aliphatic rings. The van der Waals surface area contributed by atoms with Gasteiger partial charge in [-0.05, 0) is 43.2 Å². The van der Waals surface area contributed by atoms with Gasteiger partial charge < -0.3 is 21.1 Å². The molecule has 0 saturated heterocycles. The van der Waals surface area contributed by atoms with Crippen molar-refractivity contribution in [2.45, 2.75) is 50.6 Å². The molecular weight excluding hydrogens is 546 g/mol. The monoisotopic (exact) mass is 572 g/mol. The van der Waals surface area contributed by atoms with Crippen LogP contribution in [0.25, 0.3) is 0 Å². The molecule has 14 heteroatoms. The van der Waals surface area contributed by atoms with Crippen molar-refractivity contribution in [3.8, 4) is 5.75 Å². The lowest BCUT2D eigenvalue weighted by atomic mass is 9.74. The minimum Gasteiger partial charge on any atom is -0.497 e. The molecule has 0 spiro atoms. The van der Waals surface area contributed by atoms with Gasteiger partial charge in [-0.15, -0.1) is 0 Å². The SMILES string of the molecule is COc1ccc(C2=N[C@H](NC(=O)C(CCC(F)(F)F)(CCC(F)(F)F)CC(N)=O)C(=O)Nc3ccccc32)cc1. The van der Waals surface area contributed by atoms with E-state index in [0.717, 1.165) is 0 Å². The van der Waals surface area contributed by atoms with E-state index in [2.05, 4.69) is 15.6 Å². The number of benzodiazepines with no additional fused rings is 1. The van der Waals surface area contributed by atoms with Gasteiger partial charge in [0.05, 0.1) is 23.9 Å². The highest BCUT2D eigenvalue weighted by atomic mass is 19.4. The zero-order valence-electron chi connectivity index (χ0n) is 21.2. The third-order valence-electron chi connectivity index (χ3n) is 6.35. The highest BCUT2D eigenvalue weighted by Crippen LogP contribution is 2.41. The highest BCUT2D eigenvalue weighted by molar-refractivity contribution is 6.20. The average molecular weight is 573 g/mol. The lowest BCUT2D eigenvalue weighted by molar-refractivity contribution is -0.160. The van der Waals surface area contributed by atoms with E-state index < -0.39 is 73.8 Å². The minimum atomic E-state index is -4.84. The summed E-state index contributed by atoms with van der Waals surface area (Å²) in [5, 5.41) is 4.74. The normalized spacial score (nSPS) is 15.8. The van der Waals surface area contributed by atoms with Gasteiger partial charge in [-0.1, -0.05) is 18.2 Å². The predicted molar refractivity (Wildman–Crippen MR) is 132 cm³/mol. The number of ether oxygens (including phenoxy) is 1. The minimum absolute atomic E-state index is 0.202. The molecular formula is C26H26F6N4O4. The van der Waals surface area contributed by atoms with Crippen molar-refractivity contribution < 1.29 is 45.5 Å². The number of nitrogens with zero attached hydrogens (tertiary/aromatic N) is 1. The molecule has 3 amide bonds. The first kappa shape index (κ1) is 30.4. The van der Waals surface area contributed by atoms with E-state index in [9.17, 15) is 40.7 Å². The second-order valence-electron chi connectivity index (χ2n) is 9.27. The number of para-hydroxylation sites is 1. The van der Waals surface area contributed by atoms with Gasteiger partial charge in [-0.25, -0.2) is 4.99 Å². The fourth-order valence-electron chi connectivity index (χ4n) is 4.32. The number of benzene rings is 2. The molecule has 0 aromatic heterocycles. The van der Waals surface area contributed by atoms with Crippen molar-refractivity contribution in [3.05, 3.63) is 59.7 Å². The maximum Gasteiger partial charge on any atom is 0.389 e. The first-order chi connectivity index (χ1) is 18.6. The largest absolute Gasteiger partial charge is 0.497 e. The molecule has 1 aliphatic heterocycles. The van der Waals surface area contributed by atoms with Gasteiger partial charge in [0.15, 0.2) is 0 Å². The molecule has 1 heterocycles. The summed E-state index contributed by atoms with van der Waals surface area (Å²) >= 11 is 0. The number of rotatable bonds is 10. The highest BCUT2D eigenvalue weighted by Gasteiger charge is 2.46. The van der Waals surface area contributed by atoms with E-state index >= 15 is 0 Å². The van der Waals surface area contributed by atoms with E-state index in [0.29, 0.717) is 22.6 Å². The van der Waals surface area contributed by atoms with Crippen LogP contribution in [0.1, 0.15) is 43.2 Å². The van der Waals surface area contributed by atoms with Crippen molar-refractivity contribution in [2.24, 2.45) is 16.1 Å². The number of hydrogen-bond donors (Lipinski definition) is 3. The Morgan fingerprint density at radius 2 is 1.52 bits per heavy atom. The molecule has 8 nitrogen and oxygen atoms in total. The van der Waals surface area contributed by atoms with Crippen molar-refractivity contribution in [3.63, 3.8) is 0 Å². The fraction of sp³-hybridized carbons (Fsp3) is 0.385. The number of halogens is 6. The summed E-state index contributed by atoms with van der Waals surface area (Å²) < 4.78 is 83.8. The summed E-state index contributed by atoms with van der Waals surface area (Å²) in [6, 6.07) is 12.9. The smallest absolute Gasteiger partial charge is 0.389 e. The summed E-state index contributed by atoms with van der Waals surface area (Å²) in [4.78, 5) is 42.6. The standard InChI is InChI=1S/C26H26F6N4O4/c1-40-16-8-6-15(7-9-16)20-17-4-2-3-5-18(17)34-22(38)21(35-20)36-23(39)24(14-19(33)37,10-12-25(27,28)29)11-13-26(30,31)32/h2-9,21H,10-14H2,1H3,(H2,33,37)(H,34,38)(H,36,39)/t21-/m1/s1. The van der Waals surface area contributed by atoms with Gasteiger partial charge >= 0.3 is 12.4 Å². The van der Waals surface area contributed by atoms with Crippen LogP contribution in [-0.2, 0) is 14.4 Å². The van der Waals surface area contributed by atoms with Gasteiger partial charge in [0.1, 0.15) is 5.75 Å². The lowest BCUT2D eigenvalue weighted by Gasteiger charge is -2.33. The van der Waals surface area contributed by atoms with Gasteiger partial charge in [-0.2, -0.15) is 26.3 Å². The molecule has 2 aromatic rings. The van der Waals surface area contributed by atoms with Crippen LogP contribution in [0.5, 0.6) is 5.75 Å². The number of anilines is 1. The Bertz CT molecular complexity index is 1260. The first-order valence-electron chi connectivity index (χ1n) is 12.0. The second-order valence-corrected chi connectivity index (χ2v) is 9.27. The van der Waals surface area contributed by atoms with Crippen LogP contribution in [0.3, 0.4) is 0 Å². The number of hydrogen-bond acceptors (Lipinski definition) is 5. The van der Waals surface area contributed by atoms with Gasteiger partial charge in [0.2, 0.25) is 18.0 Å². The van der Waals surface area contributed by atoms with E-state index in [1.54, 1.807) is 48.5 Å². The maximum absolute atomic E-state index is 13.4. The zero-order chi connectivity index (χ0) is 29.7. The number of amides is 3. The third-order valence-corrected chi connectivity index (χ3v) is 6.35.